The molecule has 0 saturated carbocycles. The Morgan fingerprint density at radius 3 is 2.70 bits per heavy atom. The van der Waals surface area contributed by atoms with Gasteiger partial charge in [0.05, 0.1) is 0 Å². The fourth-order valence-corrected chi connectivity index (χ4v) is 2.42. The molecule has 0 aromatic heterocycles. The van der Waals surface area contributed by atoms with Crippen molar-refractivity contribution in [3.63, 3.8) is 0 Å². The molecule has 1 amide bonds. The van der Waals surface area contributed by atoms with Gasteiger partial charge in [-0.15, -0.1) is 0 Å². The highest BCUT2D eigenvalue weighted by atomic mass is 16.6. The van der Waals surface area contributed by atoms with E-state index in [9.17, 15) is 4.79 Å². The number of piperidine rings is 1. The zero-order valence-corrected chi connectivity index (χ0v) is 13.5. The summed E-state index contributed by atoms with van der Waals surface area (Å²) >= 11 is 0. The molecule has 5 nitrogen and oxygen atoms in total. The molecular weight excluding hydrogens is 256 g/mol. The second-order valence-corrected chi connectivity index (χ2v) is 6.88. The smallest absolute Gasteiger partial charge is 0.410 e. The third-order valence-electron chi connectivity index (χ3n) is 3.67. The number of hydrogen-bond acceptors (Lipinski definition) is 4. The SMILES string of the molecule is CC(CCO)NC1CN(C(=O)OC(C)(C)C)CCC1C. The Hall–Kier alpha value is -0.810. The van der Waals surface area contributed by atoms with Gasteiger partial charge < -0.3 is 20.1 Å². The Labute approximate surface area is 122 Å². The zero-order chi connectivity index (χ0) is 15.3. The third kappa shape index (κ3) is 5.67. The Morgan fingerprint density at radius 2 is 2.15 bits per heavy atom. The standard InChI is InChI=1S/C15H30N2O3/c1-11-6-8-17(14(19)20-15(3,4)5)10-13(11)16-12(2)7-9-18/h11-13,16,18H,6-10H2,1-5H3. The van der Waals surface area contributed by atoms with E-state index in [2.05, 4.69) is 19.2 Å². The lowest BCUT2D eigenvalue weighted by Crippen LogP contribution is -2.54. The second kappa shape index (κ2) is 7.27. The number of aliphatic hydroxyl groups is 1. The van der Waals surface area contributed by atoms with Gasteiger partial charge in [0.15, 0.2) is 0 Å². The lowest BCUT2D eigenvalue weighted by Gasteiger charge is -2.39. The molecule has 2 N–H and O–H groups in total. The summed E-state index contributed by atoms with van der Waals surface area (Å²) in [4.78, 5) is 13.9. The Balaban J connectivity index is 2.54. The molecule has 118 valence electrons. The number of rotatable bonds is 4. The lowest BCUT2D eigenvalue weighted by molar-refractivity contribution is 0.0140. The van der Waals surface area contributed by atoms with Crippen LogP contribution in [0.2, 0.25) is 0 Å². The van der Waals surface area contributed by atoms with Crippen LogP contribution in [0.4, 0.5) is 4.79 Å². The molecule has 0 bridgehead atoms. The summed E-state index contributed by atoms with van der Waals surface area (Å²) in [7, 11) is 0. The maximum absolute atomic E-state index is 12.1. The van der Waals surface area contributed by atoms with Gasteiger partial charge in [-0.05, 0) is 46.5 Å². The van der Waals surface area contributed by atoms with E-state index in [4.69, 9.17) is 9.84 Å². The van der Waals surface area contributed by atoms with Crippen molar-refractivity contribution < 1.29 is 14.6 Å². The first-order chi connectivity index (χ1) is 9.23. The summed E-state index contributed by atoms with van der Waals surface area (Å²) < 4.78 is 5.43. The lowest BCUT2D eigenvalue weighted by atomic mass is 9.93. The summed E-state index contributed by atoms with van der Waals surface area (Å²) in [5.41, 5.74) is -0.451. The quantitative estimate of drug-likeness (QED) is 0.829. The van der Waals surface area contributed by atoms with E-state index in [-0.39, 0.29) is 24.8 Å². The van der Waals surface area contributed by atoms with Crippen LogP contribution in [0.5, 0.6) is 0 Å². The molecule has 0 aliphatic carbocycles. The molecule has 0 aromatic carbocycles. The zero-order valence-electron chi connectivity index (χ0n) is 13.5. The monoisotopic (exact) mass is 286 g/mol. The molecular formula is C15H30N2O3. The van der Waals surface area contributed by atoms with Gasteiger partial charge in [0, 0.05) is 31.8 Å². The van der Waals surface area contributed by atoms with Crippen molar-refractivity contribution in [3.05, 3.63) is 0 Å². The molecule has 3 unspecified atom stereocenters. The predicted molar refractivity (Wildman–Crippen MR) is 79.7 cm³/mol. The number of aliphatic hydroxyl groups excluding tert-OH is 1. The van der Waals surface area contributed by atoms with Crippen molar-refractivity contribution >= 4 is 6.09 Å². The van der Waals surface area contributed by atoms with E-state index in [0.29, 0.717) is 12.5 Å². The average molecular weight is 286 g/mol. The number of ether oxygens (including phenoxy) is 1. The van der Waals surface area contributed by atoms with Crippen LogP contribution in [-0.4, -0.2) is 53.5 Å². The van der Waals surface area contributed by atoms with Gasteiger partial charge >= 0.3 is 6.09 Å². The minimum absolute atomic E-state index is 0.186. The van der Waals surface area contributed by atoms with Crippen molar-refractivity contribution in [1.82, 2.24) is 10.2 Å². The molecule has 0 spiro atoms. The highest BCUT2D eigenvalue weighted by Crippen LogP contribution is 2.20. The Bertz CT molecular complexity index is 315. The maximum atomic E-state index is 12.1. The molecule has 5 heteroatoms. The molecule has 1 aliphatic heterocycles. The van der Waals surface area contributed by atoms with Crippen molar-refractivity contribution in [2.75, 3.05) is 19.7 Å². The molecule has 20 heavy (non-hydrogen) atoms. The van der Waals surface area contributed by atoms with Crippen LogP contribution < -0.4 is 5.32 Å². The number of nitrogens with one attached hydrogen (secondary N) is 1. The molecule has 0 radical (unpaired) electrons. The average Bonchev–Trinajstić information content (AvgIpc) is 2.30. The van der Waals surface area contributed by atoms with E-state index < -0.39 is 5.60 Å². The minimum Gasteiger partial charge on any atom is -0.444 e. The molecule has 3 atom stereocenters. The first kappa shape index (κ1) is 17.2. The van der Waals surface area contributed by atoms with Crippen molar-refractivity contribution in [2.45, 2.75) is 65.1 Å². The Kier molecular flexibility index (Phi) is 6.27. The number of carbonyl (C=O) groups excluding carboxylic acids is 1. The van der Waals surface area contributed by atoms with Crippen molar-refractivity contribution in [2.24, 2.45) is 5.92 Å². The van der Waals surface area contributed by atoms with Crippen molar-refractivity contribution in [3.8, 4) is 0 Å². The van der Waals surface area contributed by atoms with Crippen LogP contribution in [0.3, 0.4) is 0 Å². The highest BCUT2D eigenvalue weighted by Gasteiger charge is 2.31. The number of carbonyl (C=O) groups is 1. The first-order valence-electron chi connectivity index (χ1n) is 7.57. The summed E-state index contributed by atoms with van der Waals surface area (Å²) in [6, 6.07) is 0.517. The summed E-state index contributed by atoms with van der Waals surface area (Å²) in [6.45, 7) is 11.5. The molecule has 1 rings (SSSR count). The Morgan fingerprint density at radius 1 is 1.50 bits per heavy atom. The number of nitrogens with zero attached hydrogens (tertiary/aromatic N) is 1. The first-order valence-corrected chi connectivity index (χ1v) is 7.57. The van der Waals surface area contributed by atoms with Gasteiger partial charge in [0.1, 0.15) is 5.60 Å². The van der Waals surface area contributed by atoms with Crippen molar-refractivity contribution in [1.29, 1.82) is 0 Å². The molecule has 1 saturated heterocycles. The van der Waals surface area contributed by atoms with E-state index in [0.717, 1.165) is 19.4 Å². The highest BCUT2D eigenvalue weighted by molar-refractivity contribution is 5.68. The number of amides is 1. The normalized spacial score (nSPS) is 25.4. The van der Waals surface area contributed by atoms with Crippen LogP contribution in [0.25, 0.3) is 0 Å². The van der Waals surface area contributed by atoms with E-state index in [1.165, 1.54) is 0 Å². The molecule has 1 aliphatic rings. The van der Waals surface area contributed by atoms with E-state index in [1.54, 1.807) is 4.90 Å². The van der Waals surface area contributed by atoms with E-state index >= 15 is 0 Å². The summed E-state index contributed by atoms with van der Waals surface area (Å²) in [5, 5.41) is 12.5. The number of likely N-dealkylation sites (tertiary alicyclic amines) is 1. The predicted octanol–water partition coefficient (Wildman–Crippen LogP) is 1.99. The van der Waals surface area contributed by atoms with Gasteiger partial charge in [0.25, 0.3) is 0 Å². The van der Waals surface area contributed by atoms with Gasteiger partial charge in [-0.2, -0.15) is 0 Å². The second-order valence-electron chi connectivity index (χ2n) is 6.88. The maximum Gasteiger partial charge on any atom is 0.410 e. The van der Waals surface area contributed by atoms with Crippen LogP contribution in [0.15, 0.2) is 0 Å². The summed E-state index contributed by atoms with van der Waals surface area (Å²) in [5.74, 6) is 0.523. The third-order valence-corrected chi connectivity index (χ3v) is 3.67. The van der Waals surface area contributed by atoms with Crippen LogP contribution in [0.1, 0.15) is 47.5 Å². The molecule has 1 heterocycles. The molecule has 1 fully saturated rings. The number of hydrogen-bond donors (Lipinski definition) is 2. The van der Waals surface area contributed by atoms with Gasteiger partial charge in [-0.3, -0.25) is 0 Å². The van der Waals surface area contributed by atoms with Crippen LogP contribution in [0, 0.1) is 5.92 Å². The fourth-order valence-electron chi connectivity index (χ4n) is 2.42. The van der Waals surface area contributed by atoms with Crippen LogP contribution in [-0.2, 0) is 4.74 Å². The minimum atomic E-state index is -0.451. The van der Waals surface area contributed by atoms with Gasteiger partial charge in [-0.1, -0.05) is 6.92 Å². The largest absolute Gasteiger partial charge is 0.444 e. The fraction of sp³-hybridized carbons (Fsp3) is 0.933. The topological polar surface area (TPSA) is 61.8 Å². The van der Waals surface area contributed by atoms with Crippen LogP contribution >= 0.6 is 0 Å². The molecule has 0 aromatic rings. The summed E-state index contributed by atoms with van der Waals surface area (Å²) in [6.07, 6.45) is 1.48. The van der Waals surface area contributed by atoms with Gasteiger partial charge in [-0.25, -0.2) is 4.79 Å². The van der Waals surface area contributed by atoms with E-state index in [1.807, 2.05) is 20.8 Å². The van der Waals surface area contributed by atoms with Gasteiger partial charge in [0.2, 0.25) is 0 Å².